The maximum Gasteiger partial charge on any atom is 0.274 e. The van der Waals surface area contributed by atoms with Gasteiger partial charge in [-0.15, -0.1) is 0 Å². The van der Waals surface area contributed by atoms with Gasteiger partial charge in [0.2, 0.25) is 0 Å². The molecule has 2 aromatic carbocycles. The Balaban J connectivity index is 1.66. The topological polar surface area (TPSA) is 77.7 Å². The fourth-order valence-electron chi connectivity index (χ4n) is 3.09. The van der Waals surface area contributed by atoms with Crippen LogP contribution in [0, 0.1) is 0 Å². The molecule has 0 aliphatic rings. The van der Waals surface area contributed by atoms with Gasteiger partial charge in [-0.2, -0.15) is 5.10 Å². The number of ether oxygens (including phenoxy) is 1. The molecule has 3 aromatic rings. The standard InChI is InChI=1S/C22H26N4O3/c1-25(2)14-6-13-23-20(27)15-29-17-11-9-16(10-12-17)21-18-7-4-5-8-19(18)22(28)26(3)24-21/h4-5,7-12H,6,13-15H2,1-3H3,(H,23,27)/p+1. The maximum atomic E-state index is 12.3. The highest BCUT2D eigenvalue weighted by atomic mass is 16.5. The van der Waals surface area contributed by atoms with Crippen molar-refractivity contribution in [2.75, 3.05) is 33.8 Å². The molecule has 2 N–H and O–H groups in total. The van der Waals surface area contributed by atoms with Crippen molar-refractivity contribution in [3.63, 3.8) is 0 Å². The molecule has 29 heavy (non-hydrogen) atoms. The molecule has 1 aromatic heterocycles. The average Bonchev–Trinajstić information content (AvgIpc) is 2.72. The van der Waals surface area contributed by atoms with Crippen molar-refractivity contribution in [3.8, 4) is 17.0 Å². The number of rotatable bonds is 8. The molecule has 0 aliphatic carbocycles. The number of aryl methyl sites for hydroxylation is 1. The summed E-state index contributed by atoms with van der Waals surface area (Å²) in [6.07, 6.45) is 0.934. The number of nitrogens with zero attached hydrogens (tertiary/aromatic N) is 2. The van der Waals surface area contributed by atoms with E-state index in [0.717, 1.165) is 29.6 Å². The number of hydrogen-bond acceptors (Lipinski definition) is 4. The van der Waals surface area contributed by atoms with E-state index in [2.05, 4.69) is 24.5 Å². The van der Waals surface area contributed by atoms with Gasteiger partial charge in [-0.1, -0.05) is 18.2 Å². The van der Waals surface area contributed by atoms with Crippen molar-refractivity contribution in [2.24, 2.45) is 7.05 Å². The summed E-state index contributed by atoms with van der Waals surface area (Å²) in [4.78, 5) is 25.5. The van der Waals surface area contributed by atoms with Gasteiger partial charge in [-0.25, -0.2) is 4.68 Å². The van der Waals surface area contributed by atoms with E-state index in [9.17, 15) is 9.59 Å². The molecule has 3 rings (SSSR count). The molecule has 0 saturated carbocycles. The maximum absolute atomic E-state index is 12.3. The lowest BCUT2D eigenvalue weighted by Crippen LogP contribution is -3.05. The third kappa shape index (κ3) is 5.20. The fourth-order valence-corrected chi connectivity index (χ4v) is 3.09. The second-order valence-corrected chi connectivity index (χ2v) is 7.30. The van der Waals surface area contributed by atoms with Crippen molar-refractivity contribution in [3.05, 3.63) is 58.9 Å². The minimum absolute atomic E-state index is 0.0187. The first kappa shape index (κ1) is 20.5. The summed E-state index contributed by atoms with van der Waals surface area (Å²) in [6, 6.07) is 14.8. The van der Waals surface area contributed by atoms with Crippen molar-refractivity contribution in [1.29, 1.82) is 0 Å². The predicted molar refractivity (Wildman–Crippen MR) is 113 cm³/mol. The zero-order valence-electron chi connectivity index (χ0n) is 17.1. The number of fused-ring (bicyclic) bond motifs is 1. The minimum atomic E-state index is -0.131. The number of carbonyl (C=O) groups excluding carboxylic acids is 1. The minimum Gasteiger partial charge on any atom is -0.484 e. The molecular weight excluding hydrogens is 368 g/mol. The fraction of sp³-hybridized carbons (Fsp3) is 0.318. The highest BCUT2D eigenvalue weighted by molar-refractivity contribution is 5.93. The van der Waals surface area contributed by atoms with Gasteiger partial charge in [-0.3, -0.25) is 9.59 Å². The Kier molecular flexibility index (Phi) is 6.61. The van der Waals surface area contributed by atoms with Crippen LogP contribution in [0.1, 0.15) is 6.42 Å². The number of aromatic nitrogens is 2. The Morgan fingerprint density at radius 2 is 1.79 bits per heavy atom. The summed E-state index contributed by atoms with van der Waals surface area (Å²) in [5.74, 6) is 0.476. The number of benzene rings is 2. The van der Waals surface area contributed by atoms with E-state index < -0.39 is 0 Å². The molecule has 1 amide bonds. The monoisotopic (exact) mass is 395 g/mol. The molecule has 0 bridgehead atoms. The van der Waals surface area contributed by atoms with Crippen LogP contribution in [0.2, 0.25) is 0 Å². The largest absolute Gasteiger partial charge is 0.484 e. The van der Waals surface area contributed by atoms with Crippen molar-refractivity contribution in [2.45, 2.75) is 6.42 Å². The summed E-state index contributed by atoms with van der Waals surface area (Å²) < 4.78 is 6.93. The summed E-state index contributed by atoms with van der Waals surface area (Å²) in [5.41, 5.74) is 1.48. The van der Waals surface area contributed by atoms with E-state index in [1.165, 1.54) is 9.58 Å². The molecule has 0 unspecified atom stereocenters. The molecule has 0 fully saturated rings. The van der Waals surface area contributed by atoms with Gasteiger partial charge in [0.05, 0.1) is 31.7 Å². The third-order valence-corrected chi connectivity index (χ3v) is 4.63. The van der Waals surface area contributed by atoms with Crippen LogP contribution in [0.3, 0.4) is 0 Å². The smallest absolute Gasteiger partial charge is 0.274 e. The SMILES string of the molecule is Cn1nc(-c2ccc(OCC(=O)NCCC[NH+](C)C)cc2)c2ccccc2c1=O. The second kappa shape index (κ2) is 9.34. The first-order valence-electron chi connectivity index (χ1n) is 9.70. The lowest BCUT2D eigenvalue weighted by atomic mass is 10.1. The highest BCUT2D eigenvalue weighted by Crippen LogP contribution is 2.26. The quantitative estimate of drug-likeness (QED) is 0.549. The summed E-state index contributed by atoms with van der Waals surface area (Å²) >= 11 is 0. The molecule has 1 heterocycles. The van der Waals surface area contributed by atoms with E-state index in [1.807, 2.05) is 30.3 Å². The summed E-state index contributed by atoms with van der Waals surface area (Å²) in [5, 5.41) is 8.72. The first-order chi connectivity index (χ1) is 14.0. The van der Waals surface area contributed by atoms with Crippen molar-refractivity contribution in [1.82, 2.24) is 15.1 Å². The lowest BCUT2D eigenvalue weighted by molar-refractivity contribution is -0.858. The molecule has 0 atom stereocenters. The van der Waals surface area contributed by atoms with Crippen molar-refractivity contribution >= 4 is 16.7 Å². The Hall–Kier alpha value is -3.19. The van der Waals surface area contributed by atoms with Gasteiger partial charge in [0.15, 0.2) is 6.61 Å². The first-order valence-corrected chi connectivity index (χ1v) is 9.70. The molecule has 0 spiro atoms. The molecule has 0 aliphatic heterocycles. The van der Waals surface area contributed by atoms with E-state index in [-0.39, 0.29) is 18.1 Å². The van der Waals surface area contributed by atoms with Crippen LogP contribution in [0.15, 0.2) is 53.3 Å². The number of hydrogen-bond donors (Lipinski definition) is 2. The second-order valence-electron chi connectivity index (χ2n) is 7.30. The molecule has 7 heteroatoms. The Morgan fingerprint density at radius 3 is 2.48 bits per heavy atom. The van der Waals surface area contributed by atoms with Gasteiger partial charge in [0, 0.05) is 31.0 Å². The van der Waals surface area contributed by atoms with Crippen LogP contribution in [-0.4, -0.2) is 49.5 Å². The number of quaternary nitrogens is 1. The van der Waals surface area contributed by atoms with E-state index >= 15 is 0 Å². The molecular formula is C22H27N4O3+. The summed E-state index contributed by atoms with van der Waals surface area (Å²) in [7, 11) is 5.82. The molecule has 7 nitrogen and oxygen atoms in total. The van der Waals surface area contributed by atoms with Crippen LogP contribution in [0.4, 0.5) is 0 Å². The van der Waals surface area contributed by atoms with Gasteiger partial charge in [0.1, 0.15) is 5.75 Å². The molecule has 152 valence electrons. The predicted octanol–water partition coefficient (Wildman–Crippen LogP) is 0.630. The van der Waals surface area contributed by atoms with Crippen molar-refractivity contribution < 1.29 is 14.4 Å². The lowest BCUT2D eigenvalue weighted by Gasteiger charge is -2.10. The van der Waals surface area contributed by atoms with E-state index in [0.29, 0.717) is 17.7 Å². The molecule has 0 radical (unpaired) electrons. The van der Waals surface area contributed by atoms with Crippen LogP contribution in [-0.2, 0) is 11.8 Å². The van der Waals surface area contributed by atoms with Crippen LogP contribution >= 0.6 is 0 Å². The highest BCUT2D eigenvalue weighted by Gasteiger charge is 2.11. The number of amides is 1. The zero-order chi connectivity index (χ0) is 20.8. The Morgan fingerprint density at radius 1 is 1.10 bits per heavy atom. The van der Waals surface area contributed by atoms with Gasteiger partial charge >= 0.3 is 0 Å². The zero-order valence-corrected chi connectivity index (χ0v) is 17.1. The van der Waals surface area contributed by atoms with Crippen LogP contribution in [0.5, 0.6) is 5.75 Å². The van der Waals surface area contributed by atoms with Gasteiger partial charge < -0.3 is 15.0 Å². The Labute approximate surface area is 169 Å². The molecule has 0 saturated heterocycles. The van der Waals surface area contributed by atoms with E-state index in [4.69, 9.17) is 4.74 Å². The summed E-state index contributed by atoms with van der Waals surface area (Å²) in [6.45, 7) is 1.64. The Bertz CT molecular complexity index is 1040. The van der Waals surface area contributed by atoms with E-state index in [1.54, 1.807) is 25.2 Å². The van der Waals surface area contributed by atoms with Crippen LogP contribution in [0.25, 0.3) is 22.0 Å². The van der Waals surface area contributed by atoms with Gasteiger partial charge in [0.25, 0.3) is 11.5 Å². The normalized spacial score (nSPS) is 11.0. The number of carbonyl (C=O) groups is 1. The number of nitrogens with one attached hydrogen (secondary N) is 2. The van der Waals surface area contributed by atoms with Gasteiger partial charge in [-0.05, 0) is 30.3 Å². The van der Waals surface area contributed by atoms with Crippen LogP contribution < -0.4 is 20.5 Å². The third-order valence-electron chi connectivity index (χ3n) is 4.63. The average molecular weight is 395 g/mol.